The van der Waals surface area contributed by atoms with Crippen molar-refractivity contribution in [1.29, 1.82) is 0 Å². The summed E-state index contributed by atoms with van der Waals surface area (Å²) < 4.78 is 50.0. The second-order valence-electron chi connectivity index (χ2n) is 5.38. The van der Waals surface area contributed by atoms with Crippen LogP contribution in [-0.4, -0.2) is 31.3 Å². The molecule has 4 nitrogen and oxygen atoms in total. The third kappa shape index (κ3) is 4.03. The number of hydrogen-bond donors (Lipinski definition) is 0. The van der Waals surface area contributed by atoms with Crippen LogP contribution in [0, 0.1) is 17.8 Å². The molecule has 0 bridgehead atoms. The van der Waals surface area contributed by atoms with E-state index >= 15 is 0 Å². The molecule has 0 aliphatic carbocycles. The average Bonchev–Trinajstić information content (AvgIpc) is 2.49. The Balaban J connectivity index is 2.30. The van der Waals surface area contributed by atoms with Crippen molar-refractivity contribution in [3.8, 4) is 0 Å². The monoisotopic (exact) mass is 330 g/mol. The van der Waals surface area contributed by atoms with Crippen LogP contribution in [0.25, 0.3) is 0 Å². The number of ether oxygens (including phenoxy) is 2. The summed E-state index contributed by atoms with van der Waals surface area (Å²) in [6, 6.07) is 8.59. The van der Waals surface area contributed by atoms with Crippen LogP contribution in [-0.2, 0) is 25.5 Å². The van der Waals surface area contributed by atoms with Gasteiger partial charge in [0, 0.05) is 5.92 Å². The number of hydrogen-bond acceptors (Lipinski definition) is 4. The zero-order valence-corrected chi connectivity index (χ0v) is 12.5. The van der Waals surface area contributed by atoms with E-state index < -0.39 is 35.9 Å². The Bertz CT molecular complexity index is 556. The van der Waals surface area contributed by atoms with Gasteiger partial charge in [0.2, 0.25) is 0 Å². The van der Waals surface area contributed by atoms with Crippen molar-refractivity contribution >= 4 is 11.9 Å². The molecule has 126 valence electrons. The summed E-state index contributed by atoms with van der Waals surface area (Å²) in [5.41, 5.74) is 0.687. The molecular formula is C16H17F3O4. The van der Waals surface area contributed by atoms with E-state index in [2.05, 4.69) is 4.74 Å². The Morgan fingerprint density at radius 1 is 1.30 bits per heavy atom. The molecule has 1 aromatic carbocycles. The van der Waals surface area contributed by atoms with E-state index in [4.69, 9.17) is 4.74 Å². The summed E-state index contributed by atoms with van der Waals surface area (Å²) >= 11 is 0. The fourth-order valence-corrected chi connectivity index (χ4v) is 2.84. The third-order valence-electron chi connectivity index (χ3n) is 3.82. The van der Waals surface area contributed by atoms with Gasteiger partial charge in [0.05, 0.1) is 19.1 Å². The predicted molar refractivity (Wildman–Crippen MR) is 74.3 cm³/mol. The number of halogens is 3. The molecule has 7 heteroatoms. The van der Waals surface area contributed by atoms with Gasteiger partial charge in [0.25, 0.3) is 0 Å². The molecule has 1 aromatic rings. The highest BCUT2D eigenvalue weighted by Gasteiger charge is 2.58. The summed E-state index contributed by atoms with van der Waals surface area (Å²) in [6.45, 7) is 1.00. The highest BCUT2D eigenvalue weighted by atomic mass is 19.4. The van der Waals surface area contributed by atoms with Crippen molar-refractivity contribution in [2.75, 3.05) is 13.2 Å². The van der Waals surface area contributed by atoms with Crippen LogP contribution in [0.4, 0.5) is 13.2 Å². The third-order valence-corrected chi connectivity index (χ3v) is 3.82. The second-order valence-corrected chi connectivity index (χ2v) is 5.38. The van der Waals surface area contributed by atoms with E-state index in [1.165, 1.54) is 6.92 Å². The maximum Gasteiger partial charge on any atom is 0.393 e. The molecule has 1 fully saturated rings. The smallest absolute Gasteiger partial charge is 0.393 e. The molecule has 1 aliphatic rings. The van der Waals surface area contributed by atoms with E-state index in [1.54, 1.807) is 30.3 Å². The number of benzene rings is 1. The lowest BCUT2D eigenvalue weighted by molar-refractivity contribution is -0.232. The Hall–Kier alpha value is -2.05. The maximum absolute atomic E-state index is 13.5. The van der Waals surface area contributed by atoms with Gasteiger partial charge in [-0.2, -0.15) is 13.2 Å². The van der Waals surface area contributed by atoms with Crippen LogP contribution in [0.5, 0.6) is 0 Å². The van der Waals surface area contributed by atoms with Gasteiger partial charge in [0.15, 0.2) is 5.92 Å². The lowest BCUT2D eigenvalue weighted by Crippen LogP contribution is -2.51. The average molecular weight is 330 g/mol. The zero-order chi connectivity index (χ0) is 17.0. The standard InChI is InChI=1S/C16H17F3O4/c1-2-22-14(20)12-13(16(17,18)19)11(9-23-15(12)21)8-10-6-4-3-5-7-10/h3-7,11-13H,2,8-9H2,1H3/t11-,12+,13+/m0/s1. The van der Waals surface area contributed by atoms with Gasteiger partial charge in [-0.05, 0) is 18.9 Å². The van der Waals surface area contributed by atoms with Crippen LogP contribution in [0.3, 0.4) is 0 Å². The molecule has 0 saturated carbocycles. The molecule has 0 unspecified atom stereocenters. The molecule has 2 rings (SSSR count). The first kappa shape index (κ1) is 17.3. The molecule has 0 amide bonds. The van der Waals surface area contributed by atoms with Crippen molar-refractivity contribution in [2.45, 2.75) is 19.5 Å². The Kier molecular flexibility index (Phi) is 5.28. The summed E-state index contributed by atoms with van der Waals surface area (Å²) in [4.78, 5) is 23.6. The number of alkyl halides is 3. The molecule has 1 heterocycles. The minimum atomic E-state index is -4.70. The minimum Gasteiger partial charge on any atom is -0.465 e. The van der Waals surface area contributed by atoms with Crippen LogP contribution >= 0.6 is 0 Å². The second kappa shape index (κ2) is 7.02. The van der Waals surface area contributed by atoms with Crippen LogP contribution in [0.2, 0.25) is 0 Å². The topological polar surface area (TPSA) is 52.6 Å². The van der Waals surface area contributed by atoms with Gasteiger partial charge in [-0.25, -0.2) is 0 Å². The molecule has 0 spiro atoms. The quantitative estimate of drug-likeness (QED) is 0.629. The minimum absolute atomic E-state index is 0.0637. The van der Waals surface area contributed by atoms with Gasteiger partial charge < -0.3 is 9.47 Å². The Morgan fingerprint density at radius 2 is 1.96 bits per heavy atom. The largest absolute Gasteiger partial charge is 0.465 e. The van der Waals surface area contributed by atoms with Crippen molar-refractivity contribution in [1.82, 2.24) is 0 Å². The number of esters is 2. The summed E-state index contributed by atoms with van der Waals surface area (Å²) in [6.07, 6.45) is -4.63. The van der Waals surface area contributed by atoms with E-state index in [0.29, 0.717) is 5.56 Å². The molecular weight excluding hydrogens is 313 g/mol. The number of cyclic esters (lactones) is 1. The highest BCUT2D eigenvalue weighted by molar-refractivity contribution is 5.95. The zero-order valence-electron chi connectivity index (χ0n) is 12.5. The van der Waals surface area contributed by atoms with Crippen molar-refractivity contribution in [2.24, 2.45) is 17.8 Å². The van der Waals surface area contributed by atoms with Gasteiger partial charge >= 0.3 is 18.1 Å². The Labute approximate surface area is 131 Å². The lowest BCUT2D eigenvalue weighted by Gasteiger charge is -2.36. The molecule has 0 aromatic heterocycles. The van der Waals surface area contributed by atoms with Gasteiger partial charge in [-0.15, -0.1) is 0 Å². The molecule has 1 saturated heterocycles. The number of rotatable bonds is 4. The fourth-order valence-electron chi connectivity index (χ4n) is 2.84. The Morgan fingerprint density at radius 3 is 2.52 bits per heavy atom. The summed E-state index contributed by atoms with van der Waals surface area (Å²) in [7, 11) is 0. The number of carbonyl (C=O) groups is 2. The molecule has 1 aliphatic heterocycles. The van der Waals surface area contributed by atoms with E-state index in [-0.39, 0.29) is 19.6 Å². The SMILES string of the molecule is CCOC(=O)[C@@H]1C(=O)OC[C@H](Cc2ccccc2)[C@H]1C(F)(F)F. The van der Waals surface area contributed by atoms with Crippen LogP contribution in [0.15, 0.2) is 30.3 Å². The fraction of sp³-hybridized carbons (Fsp3) is 0.500. The summed E-state index contributed by atoms with van der Waals surface area (Å²) in [5.74, 6) is -7.45. The molecule has 0 N–H and O–H groups in total. The normalized spacial score (nSPS) is 24.9. The van der Waals surface area contributed by atoms with Crippen molar-refractivity contribution in [3.63, 3.8) is 0 Å². The van der Waals surface area contributed by atoms with Gasteiger partial charge in [-0.1, -0.05) is 30.3 Å². The van der Waals surface area contributed by atoms with Gasteiger partial charge in [-0.3, -0.25) is 9.59 Å². The van der Waals surface area contributed by atoms with Crippen molar-refractivity contribution in [3.05, 3.63) is 35.9 Å². The van der Waals surface area contributed by atoms with E-state index in [0.717, 1.165) is 0 Å². The lowest BCUT2D eigenvalue weighted by atomic mass is 9.76. The first-order chi connectivity index (χ1) is 10.8. The molecule has 23 heavy (non-hydrogen) atoms. The molecule has 0 radical (unpaired) electrons. The summed E-state index contributed by atoms with van der Waals surface area (Å²) in [5, 5.41) is 0. The van der Waals surface area contributed by atoms with E-state index in [9.17, 15) is 22.8 Å². The molecule has 3 atom stereocenters. The number of carbonyl (C=O) groups excluding carboxylic acids is 2. The predicted octanol–water partition coefficient (Wildman–Crippen LogP) is 2.76. The van der Waals surface area contributed by atoms with Gasteiger partial charge in [0.1, 0.15) is 0 Å². The van der Waals surface area contributed by atoms with Crippen LogP contribution < -0.4 is 0 Å². The maximum atomic E-state index is 13.5. The highest BCUT2D eigenvalue weighted by Crippen LogP contribution is 2.42. The first-order valence-electron chi connectivity index (χ1n) is 7.28. The van der Waals surface area contributed by atoms with Crippen molar-refractivity contribution < 1.29 is 32.2 Å². The van der Waals surface area contributed by atoms with Crippen LogP contribution in [0.1, 0.15) is 12.5 Å². The first-order valence-corrected chi connectivity index (χ1v) is 7.28. The van der Waals surface area contributed by atoms with E-state index in [1.807, 2.05) is 0 Å².